The van der Waals surface area contributed by atoms with Crippen LogP contribution in [0.5, 0.6) is 0 Å². The maximum absolute atomic E-state index is 12.2. The number of nitrogens with zero attached hydrogens (tertiary/aromatic N) is 5. The van der Waals surface area contributed by atoms with Crippen molar-refractivity contribution in [3.63, 3.8) is 0 Å². The van der Waals surface area contributed by atoms with Crippen molar-refractivity contribution in [2.75, 3.05) is 43.0 Å². The number of rotatable bonds is 4. The number of amides is 1. The van der Waals surface area contributed by atoms with E-state index in [4.69, 9.17) is 9.97 Å². The third-order valence-electron chi connectivity index (χ3n) is 7.28. The van der Waals surface area contributed by atoms with E-state index in [0.717, 1.165) is 81.3 Å². The lowest BCUT2D eigenvalue weighted by atomic mass is 9.95. The van der Waals surface area contributed by atoms with Crippen molar-refractivity contribution in [1.82, 2.24) is 14.9 Å². The van der Waals surface area contributed by atoms with Gasteiger partial charge < -0.3 is 4.90 Å². The van der Waals surface area contributed by atoms with Crippen LogP contribution in [0.4, 0.5) is 11.5 Å². The number of anilines is 2. The highest BCUT2D eigenvalue weighted by Crippen LogP contribution is 2.33. The molecule has 1 saturated heterocycles. The lowest BCUT2D eigenvalue weighted by Crippen LogP contribution is -2.36. The van der Waals surface area contributed by atoms with Crippen molar-refractivity contribution in [1.29, 1.82) is 0 Å². The van der Waals surface area contributed by atoms with E-state index in [1.807, 2.05) is 7.05 Å². The second-order valence-electron chi connectivity index (χ2n) is 9.29. The zero-order valence-electron chi connectivity index (χ0n) is 19.0. The molecule has 0 bridgehead atoms. The number of piperidine rings is 1. The summed E-state index contributed by atoms with van der Waals surface area (Å²) in [6.45, 7) is 9.62. The first-order chi connectivity index (χ1) is 15.0. The van der Waals surface area contributed by atoms with E-state index in [-0.39, 0.29) is 5.91 Å². The van der Waals surface area contributed by atoms with E-state index in [1.54, 1.807) is 4.90 Å². The molecule has 1 aromatic heterocycles. The molecule has 3 aliphatic rings. The summed E-state index contributed by atoms with van der Waals surface area (Å²) in [6, 6.07) is 7.02. The van der Waals surface area contributed by atoms with Crippen LogP contribution in [0, 0.1) is 6.92 Å². The first-order valence-electron chi connectivity index (χ1n) is 11.8. The average molecular weight is 420 g/mol. The Hall–Kier alpha value is -2.47. The second kappa shape index (κ2) is 8.23. The number of aromatic nitrogens is 2. The van der Waals surface area contributed by atoms with Gasteiger partial charge in [-0.2, -0.15) is 0 Å². The van der Waals surface area contributed by atoms with Crippen molar-refractivity contribution < 1.29 is 4.79 Å². The van der Waals surface area contributed by atoms with Crippen molar-refractivity contribution in [2.24, 2.45) is 0 Å². The van der Waals surface area contributed by atoms with Crippen LogP contribution in [0.15, 0.2) is 18.2 Å². The Morgan fingerprint density at radius 3 is 2.84 bits per heavy atom. The van der Waals surface area contributed by atoms with E-state index >= 15 is 0 Å². The highest BCUT2D eigenvalue weighted by atomic mass is 16.2. The van der Waals surface area contributed by atoms with Crippen molar-refractivity contribution in [3.8, 4) is 0 Å². The fourth-order valence-electron chi connectivity index (χ4n) is 5.49. The quantitative estimate of drug-likeness (QED) is 0.760. The summed E-state index contributed by atoms with van der Waals surface area (Å²) in [5.74, 6) is 2.22. The van der Waals surface area contributed by atoms with E-state index < -0.39 is 0 Å². The monoisotopic (exact) mass is 419 g/mol. The Morgan fingerprint density at radius 2 is 2.00 bits per heavy atom. The van der Waals surface area contributed by atoms with Crippen molar-refractivity contribution >= 4 is 17.4 Å². The topological polar surface area (TPSA) is 52.6 Å². The molecule has 1 atom stereocenters. The molecule has 0 aliphatic carbocycles. The molecule has 0 unspecified atom stereocenters. The van der Waals surface area contributed by atoms with Gasteiger partial charge >= 0.3 is 0 Å². The Bertz CT molecular complexity index is 1000. The Morgan fingerprint density at radius 1 is 1.13 bits per heavy atom. The van der Waals surface area contributed by atoms with E-state index in [2.05, 4.69) is 41.8 Å². The van der Waals surface area contributed by atoms with Gasteiger partial charge in [0.15, 0.2) is 0 Å². The summed E-state index contributed by atoms with van der Waals surface area (Å²) in [4.78, 5) is 28.7. The van der Waals surface area contributed by atoms with Crippen LogP contribution >= 0.6 is 0 Å². The summed E-state index contributed by atoms with van der Waals surface area (Å²) in [6.07, 6.45) is 4.75. The third-order valence-corrected chi connectivity index (χ3v) is 7.28. The molecular weight excluding hydrogens is 386 g/mol. The molecular formula is C25H33N5O. The minimum absolute atomic E-state index is 0.153. The Labute approximate surface area is 185 Å². The molecule has 3 aliphatic heterocycles. The predicted molar refractivity (Wildman–Crippen MR) is 124 cm³/mol. The minimum Gasteiger partial charge on any atom is -0.371 e. The number of hydrogen-bond donors (Lipinski definition) is 0. The molecule has 0 spiro atoms. The molecule has 6 heteroatoms. The summed E-state index contributed by atoms with van der Waals surface area (Å²) in [7, 11) is 1.84. The number of aryl methyl sites for hydroxylation is 1. The summed E-state index contributed by atoms with van der Waals surface area (Å²) in [5.41, 5.74) is 6.49. The highest BCUT2D eigenvalue weighted by molar-refractivity contribution is 5.94. The number of carbonyl (C=O) groups is 1. The normalized spacial score (nSPS) is 21.4. The van der Waals surface area contributed by atoms with Gasteiger partial charge in [-0.3, -0.25) is 14.6 Å². The molecule has 1 fully saturated rings. The highest BCUT2D eigenvalue weighted by Gasteiger charge is 2.29. The number of benzene rings is 1. The number of hydrogen-bond acceptors (Lipinski definition) is 5. The molecule has 0 N–H and O–H groups in total. The largest absolute Gasteiger partial charge is 0.371 e. The number of carbonyl (C=O) groups excluding carboxylic acids is 1. The van der Waals surface area contributed by atoms with Gasteiger partial charge in [0.05, 0.1) is 0 Å². The lowest BCUT2D eigenvalue weighted by Gasteiger charge is -2.33. The average Bonchev–Trinajstić information content (AvgIpc) is 3.19. The number of likely N-dealkylation sites (tertiary alicyclic amines) is 1. The van der Waals surface area contributed by atoms with Crippen LogP contribution in [0.25, 0.3) is 0 Å². The van der Waals surface area contributed by atoms with E-state index in [0.29, 0.717) is 12.3 Å². The van der Waals surface area contributed by atoms with Crippen LogP contribution in [0.2, 0.25) is 0 Å². The molecule has 6 nitrogen and oxygen atoms in total. The molecule has 164 valence electrons. The van der Waals surface area contributed by atoms with E-state index in [9.17, 15) is 4.79 Å². The maximum atomic E-state index is 12.2. The second-order valence-corrected chi connectivity index (χ2v) is 9.29. The maximum Gasteiger partial charge on any atom is 0.228 e. The molecule has 31 heavy (non-hydrogen) atoms. The van der Waals surface area contributed by atoms with Gasteiger partial charge in [-0.1, -0.05) is 12.1 Å². The van der Waals surface area contributed by atoms with Crippen LogP contribution < -0.4 is 9.80 Å². The van der Waals surface area contributed by atoms with Crippen LogP contribution in [0.3, 0.4) is 0 Å². The van der Waals surface area contributed by atoms with Crippen molar-refractivity contribution in [3.05, 3.63) is 46.4 Å². The standard InChI is InChI=1S/C25H33N5O/c1-4-30-13-11-19-14-18(7-9-22(19)30)15-29-12-5-6-20(16-29)24-26-17(2)21-8-10-23(31)28(3)25(21)27-24/h7,9,14,20H,4-6,8,10-13,15-16H2,1-3H3/t20-/m0/s1. The Balaban J connectivity index is 1.32. The molecule has 4 heterocycles. The Kier molecular flexibility index (Phi) is 5.42. The SMILES string of the molecule is CCN1CCc2cc(CN3CCC[C@H](c4nc(C)c5c(n4)N(C)C(=O)CC5)C3)ccc21. The van der Waals surface area contributed by atoms with Crippen LogP contribution in [-0.2, 0) is 24.2 Å². The van der Waals surface area contributed by atoms with Gasteiger partial charge in [0.1, 0.15) is 11.6 Å². The molecule has 0 saturated carbocycles. The summed E-state index contributed by atoms with van der Waals surface area (Å²) < 4.78 is 0. The fourth-order valence-corrected chi connectivity index (χ4v) is 5.49. The molecule has 1 aromatic carbocycles. The molecule has 2 aromatic rings. The molecule has 0 radical (unpaired) electrons. The zero-order valence-corrected chi connectivity index (χ0v) is 19.0. The fraction of sp³-hybridized carbons (Fsp3) is 0.560. The third kappa shape index (κ3) is 3.82. The smallest absolute Gasteiger partial charge is 0.228 e. The first-order valence-corrected chi connectivity index (χ1v) is 11.8. The minimum atomic E-state index is 0.153. The zero-order chi connectivity index (χ0) is 21.5. The first kappa shape index (κ1) is 20.4. The van der Waals surface area contributed by atoms with Gasteiger partial charge in [0.2, 0.25) is 5.91 Å². The van der Waals surface area contributed by atoms with Crippen LogP contribution in [0.1, 0.15) is 60.3 Å². The number of fused-ring (bicyclic) bond motifs is 2. The van der Waals surface area contributed by atoms with Crippen molar-refractivity contribution in [2.45, 2.75) is 58.4 Å². The molecule has 1 amide bonds. The number of likely N-dealkylation sites (N-methyl/N-ethyl adjacent to an activating group) is 1. The summed E-state index contributed by atoms with van der Waals surface area (Å²) >= 11 is 0. The van der Waals surface area contributed by atoms with E-state index in [1.165, 1.54) is 16.8 Å². The molecule has 5 rings (SSSR count). The van der Waals surface area contributed by atoms with Gasteiger partial charge in [-0.05, 0) is 63.3 Å². The van der Waals surface area contributed by atoms with Gasteiger partial charge in [0, 0.05) is 62.5 Å². The lowest BCUT2D eigenvalue weighted by molar-refractivity contribution is -0.118. The predicted octanol–water partition coefficient (Wildman–Crippen LogP) is 3.46. The summed E-state index contributed by atoms with van der Waals surface area (Å²) in [5, 5.41) is 0. The van der Waals surface area contributed by atoms with Gasteiger partial charge in [-0.25, -0.2) is 9.97 Å². The van der Waals surface area contributed by atoms with Crippen LogP contribution in [-0.4, -0.2) is 54.0 Å². The van der Waals surface area contributed by atoms with Gasteiger partial charge in [-0.15, -0.1) is 0 Å². The van der Waals surface area contributed by atoms with Gasteiger partial charge in [0.25, 0.3) is 0 Å².